The second-order valence-electron chi connectivity index (χ2n) is 9.42. The molecule has 6 rings (SSSR count). The van der Waals surface area contributed by atoms with Crippen LogP contribution in [0.2, 0.25) is 0 Å². The molecular weight excluding hydrogens is 433 g/mol. The minimum Gasteiger partial charge on any atom is -0.455 e. The first kappa shape index (κ1) is 21.3. The van der Waals surface area contributed by atoms with Gasteiger partial charge in [-0.2, -0.15) is 0 Å². The Hall–Kier alpha value is -4.24. The highest BCUT2D eigenvalue weighted by Gasteiger charge is 2.24. The van der Waals surface area contributed by atoms with Crippen molar-refractivity contribution in [1.29, 1.82) is 0 Å². The Kier molecular flexibility index (Phi) is 5.00. The third-order valence-electron chi connectivity index (χ3n) is 6.93. The molecule has 0 atom stereocenters. The van der Waals surface area contributed by atoms with E-state index in [-0.39, 0.29) is 11.2 Å². The van der Waals surface area contributed by atoms with Crippen molar-refractivity contribution >= 4 is 21.9 Å². The van der Waals surface area contributed by atoms with E-state index in [2.05, 4.69) is 67.4 Å². The number of hydrogen-bond acceptors (Lipinski definition) is 2. The number of benzene rings is 4. The summed E-state index contributed by atoms with van der Waals surface area (Å²) in [5.41, 5.74) is 7.68. The Morgan fingerprint density at radius 1 is 0.686 bits per heavy atom. The van der Waals surface area contributed by atoms with Crippen LogP contribution in [0.3, 0.4) is 0 Å². The first-order valence-corrected chi connectivity index (χ1v) is 11.7. The highest BCUT2D eigenvalue weighted by atomic mass is 19.1. The molecule has 0 aliphatic heterocycles. The molecule has 0 N–H and O–H groups in total. The fourth-order valence-corrected chi connectivity index (χ4v) is 4.81. The van der Waals surface area contributed by atoms with Gasteiger partial charge in [0.15, 0.2) is 0 Å². The zero-order valence-corrected chi connectivity index (χ0v) is 19.6. The van der Waals surface area contributed by atoms with Crippen LogP contribution in [0.15, 0.2) is 114 Å². The molecule has 6 aromatic rings. The number of fused-ring (bicyclic) bond motifs is 3. The average Bonchev–Trinajstić information content (AvgIpc) is 3.28. The van der Waals surface area contributed by atoms with Crippen LogP contribution in [-0.2, 0) is 5.41 Å². The van der Waals surface area contributed by atoms with Gasteiger partial charge in [0.1, 0.15) is 17.0 Å². The Morgan fingerprint density at radius 2 is 1.49 bits per heavy atom. The first-order chi connectivity index (χ1) is 17.0. The summed E-state index contributed by atoms with van der Waals surface area (Å²) in [5, 5.41) is 2.15. The van der Waals surface area contributed by atoms with Crippen molar-refractivity contribution < 1.29 is 8.81 Å². The van der Waals surface area contributed by atoms with Gasteiger partial charge in [-0.05, 0) is 58.7 Å². The number of pyridine rings is 1. The fourth-order valence-electron chi connectivity index (χ4n) is 4.81. The lowest BCUT2D eigenvalue weighted by molar-refractivity contribution is 0.628. The van der Waals surface area contributed by atoms with Crippen LogP contribution < -0.4 is 0 Å². The number of halogens is 1. The van der Waals surface area contributed by atoms with E-state index in [4.69, 9.17) is 4.42 Å². The van der Waals surface area contributed by atoms with Gasteiger partial charge >= 0.3 is 0 Å². The molecule has 0 radical (unpaired) electrons. The monoisotopic (exact) mass is 457 g/mol. The Labute approximate surface area is 203 Å². The van der Waals surface area contributed by atoms with Crippen molar-refractivity contribution in [2.75, 3.05) is 0 Å². The number of aromatic nitrogens is 1. The molecule has 0 aliphatic carbocycles. The number of rotatable bonds is 4. The van der Waals surface area contributed by atoms with E-state index >= 15 is 0 Å². The molecule has 0 saturated heterocycles. The zero-order chi connectivity index (χ0) is 24.0. The van der Waals surface area contributed by atoms with Crippen LogP contribution in [0.4, 0.5) is 4.39 Å². The second-order valence-corrected chi connectivity index (χ2v) is 9.42. The van der Waals surface area contributed by atoms with E-state index < -0.39 is 0 Å². The van der Waals surface area contributed by atoms with E-state index in [0.29, 0.717) is 0 Å². The number of para-hydroxylation sites is 1. The predicted molar refractivity (Wildman–Crippen MR) is 141 cm³/mol. The quantitative estimate of drug-likeness (QED) is 0.264. The molecule has 0 saturated carbocycles. The number of hydrogen-bond donors (Lipinski definition) is 0. The summed E-state index contributed by atoms with van der Waals surface area (Å²) in [6.45, 7) is 4.48. The topological polar surface area (TPSA) is 26.0 Å². The molecule has 0 aliphatic rings. The van der Waals surface area contributed by atoms with Crippen molar-refractivity contribution in [1.82, 2.24) is 4.98 Å². The highest BCUT2D eigenvalue weighted by Crippen LogP contribution is 2.39. The van der Waals surface area contributed by atoms with Gasteiger partial charge in [-0.1, -0.05) is 80.6 Å². The van der Waals surface area contributed by atoms with Gasteiger partial charge in [0.25, 0.3) is 0 Å². The SMILES string of the molecule is CC(C)(c1ccccc1)c1ccc2c(c1)oc1c(-c3cc(-c4ccc(F)cc4)ccn3)cccc12. The minimum absolute atomic E-state index is 0.150. The van der Waals surface area contributed by atoms with Crippen LogP contribution in [0, 0.1) is 5.82 Å². The van der Waals surface area contributed by atoms with E-state index in [1.807, 2.05) is 30.3 Å². The third kappa shape index (κ3) is 3.70. The summed E-state index contributed by atoms with van der Waals surface area (Å²) >= 11 is 0. The fraction of sp³-hybridized carbons (Fsp3) is 0.0938. The minimum atomic E-state index is -0.245. The molecule has 35 heavy (non-hydrogen) atoms. The molecular formula is C32H24FNO. The lowest BCUT2D eigenvalue weighted by Gasteiger charge is -2.26. The Morgan fingerprint density at radius 3 is 2.29 bits per heavy atom. The maximum absolute atomic E-state index is 13.4. The lowest BCUT2D eigenvalue weighted by atomic mass is 9.78. The van der Waals surface area contributed by atoms with Gasteiger partial charge in [0.2, 0.25) is 0 Å². The van der Waals surface area contributed by atoms with Gasteiger partial charge in [0, 0.05) is 27.9 Å². The van der Waals surface area contributed by atoms with Gasteiger partial charge in [0.05, 0.1) is 5.69 Å². The summed E-state index contributed by atoms with van der Waals surface area (Å²) in [4.78, 5) is 4.64. The summed E-state index contributed by atoms with van der Waals surface area (Å²) in [7, 11) is 0. The third-order valence-corrected chi connectivity index (χ3v) is 6.93. The Bertz CT molecular complexity index is 1660. The van der Waals surface area contributed by atoms with Crippen molar-refractivity contribution in [3.8, 4) is 22.4 Å². The summed E-state index contributed by atoms with van der Waals surface area (Å²) in [5.74, 6) is -0.245. The standard InChI is InChI=1S/C32H24FNO/c1-32(2,23-7-4-3-5-8-23)24-13-16-26-27-9-6-10-28(31(27)35-30(26)20-24)29-19-22(17-18-34-29)21-11-14-25(33)15-12-21/h3-20H,1-2H3. The van der Waals surface area contributed by atoms with Gasteiger partial charge in [-0.15, -0.1) is 0 Å². The van der Waals surface area contributed by atoms with Crippen LogP contribution in [0.25, 0.3) is 44.3 Å². The van der Waals surface area contributed by atoms with Gasteiger partial charge in [-0.25, -0.2) is 4.39 Å². The summed E-state index contributed by atoms with van der Waals surface area (Å²) < 4.78 is 19.9. The van der Waals surface area contributed by atoms with Crippen molar-refractivity contribution in [3.63, 3.8) is 0 Å². The molecule has 3 heteroatoms. The number of furan rings is 1. The molecule has 2 aromatic heterocycles. The van der Waals surface area contributed by atoms with Crippen LogP contribution in [0.5, 0.6) is 0 Å². The van der Waals surface area contributed by atoms with Crippen molar-refractivity contribution in [3.05, 3.63) is 126 Å². The summed E-state index contributed by atoms with van der Waals surface area (Å²) in [6.07, 6.45) is 1.79. The van der Waals surface area contributed by atoms with Crippen LogP contribution in [-0.4, -0.2) is 4.98 Å². The average molecular weight is 458 g/mol. The molecule has 0 amide bonds. The largest absolute Gasteiger partial charge is 0.455 e. The molecule has 0 bridgehead atoms. The van der Waals surface area contributed by atoms with E-state index in [1.54, 1.807) is 18.3 Å². The van der Waals surface area contributed by atoms with Crippen molar-refractivity contribution in [2.24, 2.45) is 0 Å². The van der Waals surface area contributed by atoms with E-state index in [1.165, 1.54) is 23.3 Å². The molecule has 0 fully saturated rings. The molecule has 170 valence electrons. The van der Waals surface area contributed by atoms with Gasteiger partial charge < -0.3 is 4.42 Å². The van der Waals surface area contributed by atoms with E-state index in [9.17, 15) is 4.39 Å². The smallest absolute Gasteiger partial charge is 0.144 e. The molecule has 0 unspecified atom stereocenters. The zero-order valence-electron chi connectivity index (χ0n) is 19.6. The van der Waals surface area contributed by atoms with Crippen molar-refractivity contribution in [2.45, 2.75) is 19.3 Å². The van der Waals surface area contributed by atoms with Crippen LogP contribution >= 0.6 is 0 Å². The lowest BCUT2D eigenvalue weighted by Crippen LogP contribution is -2.18. The Balaban J connectivity index is 1.47. The van der Waals surface area contributed by atoms with Gasteiger partial charge in [-0.3, -0.25) is 4.98 Å². The molecule has 0 spiro atoms. The molecule has 2 nitrogen and oxygen atoms in total. The maximum Gasteiger partial charge on any atom is 0.144 e. The normalized spacial score (nSPS) is 11.9. The highest BCUT2D eigenvalue weighted by molar-refractivity contribution is 6.09. The molecule has 4 aromatic carbocycles. The summed E-state index contributed by atoms with van der Waals surface area (Å²) in [6, 6.07) is 33.7. The maximum atomic E-state index is 13.4. The second kappa shape index (κ2) is 8.21. The van der Waals surface area contributed by atoms with Crippen LogP contribution in [0.1, 0.15) is 25.0 Å². The predicted octanol–water partition coefficient (Wildman–Crippen LogP) is 8.78. The van der Waals surface area contributed by atoms with E-state index in [0.717, 1.165) is 44.3 Å². The molecule has 2 heterocycles. The number of nitrogens with zero attached hydrogens (tertiary/aromatic N) is 1. The first-order valence-electron chi connectivity index (χ1n) is 11.7.